The molecule has 0 unspecified atom stereocenters. The highest BCUT2D eigenvalue weighted by Gasteiger charge is 2.04. The Kier molecular flexibility index (Phi) is 2.94. The van der Waals surface area contributed by atoms with Gasteiger partial charge in [-0.1, -0.05) is 18.2 Å². The number of rotatable bonds is 3. The van der Waals surface area contributed by atoms with Gasteiger partial charge in [-0.05, 0) is 35.4 Å². The maximum absolute atomic E-state index is 11.2. The molecule has 3 rings (SSSR count). The van der Waals surface area contributed by atoms with Crippen molar-refractivity contribution in [2.75, 3.05) is 11.0 Å². The van der Waals surface area contributed by atoms with E-state index < -0.39 is 10.0 Å². The molecule has 0 saturated heterocycles. The van der Waals surface area contributed by atoms with Crippen LogP contribution in [0.2, 0.25) is 0 Å². The standard InChI is InChI=1S/C14H13N3O2S/c1-20(18,19)17-12-5-2-10(3-6-12)11-4-7-13-14(8-11)16-9-15-13/h2-9,17H,1H3,(H,15,16). The summed E-state index contributed by atoms with van der Waals surface area (Å²) in [6.45, 7) is 0. The Bertz CT molecular complexity index is 852. The number of benzene rings is 2. The summed E-state index contributed by atoms with van der Waals surface area (Å²) < 4.78 is 24.7. The first-order chi connectivity index (χ1) is 9.51. The molecule has 6 heteroatoms. The minimum absolute atomic E-state index is 0.555. The van der Waals surface area contributed by atoms with Gasteiger partial charge in [0.1, 0.15) is 0 Å². The lowest BCUT2D eigenvalue weighted by atomic mass is 10.0. The molecule has 5 nitrogen and oxygen atoms in total. The van der Waals surface area contributed by atoms with E-state index in [1.807, 2.05) is 30.3 Å². The van der Waals surface area contributed by atoms with Crippen LogP contribution < -0.4 is 4.72 Å². The molecular weight excluding hydrogens is 274 g/mol. The number of aromatic nitrogens is 2. The smallest absolute Gasteiger partial charge is 0.229 e. The van der Waals surface area contributed by atoms with E-state index in [9.17, 15) is 8.42 Å². The second-order valence-corrected chi connectivity index (χ2v) is 6.33. The minimum Gasteiger partial charge on any atom is -0.345 e. The fourth-order valence-electron chi connectivity index (χ4n) is 2.06. The Balaban J connectivity index is 1.94. The second-order valence-electron chi connectivity index (χ2n) is 4.59. The highest BCUT2D eigenvalue weighted by atomic mass is 32.2. The Hall–Kier alpha value is -2.34. The lowest BCUT2D eigenvalue weighted by molar-refractivity contribution is 0.607. The number of nitrogens with zero attached hydrogens (tertiary/aromatic N) is 1. The quantitative estimate of drug-likeness (QED) is 0.777. The third kappa shape index (κ3) is 2.65. The van der Waals surface area contributed by atoms with E-state index in [1.54, 1.807) is 18.5 Å². The zero-order chi connectivity index (χ0) is 14.2. The summed E-state index contributed by atoms with van der Waals surface area (Å²) >= 11 is 0. The third-order valence-electron chi connectivity index (χ3n) is 2.94. The average Bonchev–Trinajstić information content (AvgIpc) is 2.85. The average molecular weight is 287 g/mol. The molecule has 0 aliphatic rings. The SMILES string of the molecule is CS(=O)(=O)Nc1ccc(-c2ccc3nc[nH]c3c2)cc1. The van der Waals surface area contributed by atoms with Crippen LogP contribution in [0.5, 0.6) is 0 Å². The van der Waals surface area contributed by atoms with Crippen LogP contribution in [0.3, 0.4) is 0 Å². The van der Waals surface area contributed by atoms with Crippen molar-refractivity contribution in [1.82, 2.24) is 9.97 Å². The van der Waals surface area contributed by atoms with Crippen molar-refractivity contribution in [1.29, 1.82) is 0 Å². The van der Waals surface area contributed by atoms with E-state index in [1.165, 1.54) is 0 Å². The predicted molar refractivity (Wildman–Crippen MR) is 80.0 cm³/mol. The molecular formula is C14H13N3O2S. The van der Waals surface area contributed by atoms with Gasteiger partial charge in [0.15, 0.2) is 0 Å². The lowest BCUT2D eigenvalue weighted by Gasteiger charge is -2.06. The monoisotopic (exact) mass is 287 g/mol. The Morgan fingerprint density at radius 3 is 2.45 bits per heavy atom. The van der Waals surface area contributed by atoms with Gasteiger partial charge < -0.3 is 4.98 Å². The van der Waals surface area contributed by atoms with Gasteiger partial charge in [0.2, 0.25) is 10.0 Å². The van der Waals surface area contributed by atoms with Gasteiger partial charge in [-0.15, -0.1) is 0 Å². The highest BCUT2D eigenvalue weighted by molar-refractivity contribution is 7.92. The number of imidazole rings is 1. The molecule has 0 bridgehead atoms. The number of hydrogen-bond acceptors (Lipinski definition) is 3. The number of hydrogen-bond donors (Lipinski definition) is 2. The molecule has 1 heterocycles. The molecule has 0 saturated carbocycles. The molecule has 0 spiro atoms. The molecule has 1 aromatic heterocycles. The van der Waals surface area contributed by atoms with Crippen LogP contribution in [0.4, 0.5) is 5.69 Å². The van der Waals surface area contributed by atoms with Crippen molar-refractivity contribution in [2.45, 2.75) is 0 Å². The van der Waals surface area contributed by atoms with E-state index in [0.29, 0.717) is 5.69 Å². The van der Waals surface area contributed by atoms with Gasteiger partial charge in [0.25, 0.3) is 0 Å². The van der Waals surface area contributed by atoms with Crippen molar-refractivity contribution in [3.8, 4) is 11.1 Å². The number of nitrogens with one attached hydrogen (secondary N) is 2. The van der Waals surface area contributed by atoms with Crippen LogP contribution in [0.1, 0.15) is 0 Å². The van der Waals surface area contributed by atoms with E-state index >= 15 is 0 Å². The number of fused-ring (bicyclic) bond motifs is 1. The summed E-state index contributed by atoms with van der Waals surface area (Å²) in [5.41, 5.74) is 4.51. The first kappa shape index (κ1) is 12.7. The molecule has 0 amide bonds. The van der Waals surface area contributed by atoms with Gasteiger partial charge in [-0.2, -0.15) is 0 Å². The summed E-state index contributed by atoms with van der Waals surface area (Å²) in [6.07, 6.45) is 2.79. The molecule has 20 heavy (non-hydrogen) atoms. The van der Waals surface area contributed by atoms with E-state index in [2.05, 4.69) is 14.7 Å². The maximum atomic E-state index is 11.2. The molecule has 2 N–H and O–H groups in total. The van der Waals surface area contributed by atoms with E-state index in [-0.39, 0.29) is 0 Å². The molecule has 0 fully saturated rings. The molecule has 0 atom stereocenters. The Labute approximate surface area is 116 Å². The molecule has 3 aromatic rings. The third-order valence-corrected chi connectivity index (χ3v) is 3.55. The molecule has 102 valence electrons. The summed E-state index contributed by atoms with van der Waals surface area (Å²) in [7, 11) is -3.24. The normalized spacial score (nSPS) is 11.7. The van der Waals surface area contributed by atoms with Crippen LogP contribution >= 0.6 is 0 Å². The zero-order valence-electron chi connectivity index (χ0n) is 10.8. The summed E-state index contributed by atoms with van der Waals surface area (Å²) in [6, 6.07) is 13.2. The van der Waals surface area contributed by atoms with Crippen molar-refractivity contribution in [3.63, 3.8) is 0 Å². The fourth-order valence-corrected chi connectivity index (χ4v) is 2.62. The van der Waals surface area contributed by atoms with E-state index in [4.69, 9.17) is 0 Å². The first-order valence-corrected chi connectivity index (χ1v) is 7.92. The molecule has 0 aliphatic carbocycles. The first-order valence-electron chi connectivity index (χ1n) is 6.03. The lowest BCUT2D eigenvalue weighted by Crippen LogP contribution is -2.09. The van der Waals surface area contributed by atoms with Crippen molar-refractivity contribution >= 4 is 26.7 Å². The maximum Gasteiger partial charge on any atom is 0.229 e. The van der Waals surface area contributed by atoms with Crippen LogP contribution in [-0.2, 0) is 10.0 Å². The highest BCUT2D eigenvalue weighted by Crippen LogP contribution is 2.24. The Morgan fingerprint density at radius 1 is 1.05 bits per heavy atom. The van der Waals surface area contributed by atoms with Crippen LogP contribution in [0.15, 0.2) is 48.8 Å². The van der Waals surface area contributed by atoms with Crippen LogP contribution in [0.25, 0.3) is 22.2 Å². The predicted octanol–water partition coefficient (Wildman–Crippen LogP) is 2.60. The number of aromatic amines is 1. The number of H-pyrrole nitrogens is 1. The number of anilines is 1. The minimum atomic E-state index is -3.24. The Morgan fingerprint density at radius 2 is 1.75 bits per heavy atom. The van der Waals surface area contributed by atoms with Gasteiger partial charge in [-0.3, -0.25) is 4.72 Å². The summed E-state index contributed by atoms with van der Waals surface area (Å²) in [5.74, 6) is 0. The van der Waals surface area contributed by atoms with Crippen LogP contribution in [0, 0.1) is 0 Å². The van der Waals surface area contributed by atoms with Gasteiger partial charge >= 0.3 is 0 Å². The fraction of sp³-hybridized carbons (Fsp3) is 0.0714. The number of sulfonamides is 1. The topological polar surface area (TPSA) is 74.8 Å². The molecule has 0 aliphatic heterocycles. The summed E-state index contributed by atoms with van der Waals surface area (Å²) in [4.78, 5) is 7.25. The van der Waals surface area contributed by atoms with Crippen LogP contribution in [-0.4, -0.2) is 24.6 Å². The largest absolute Gasteiger partial charge is 0.345 e. The van der Waals surface area contributed by atoms with E-state index in [0.717, 1.165) is 28.4 Å². The van der Waals surface area contributed by atoms with Gasteiger partial charge in [0, 0.05) is 5.69 Å². The molecule has 0 radical (unpaired) electrons. The molecule has 2 aromatic carbocycles. The second kappa shape index (κ2) is 4.64. The summed E-state index contributed by atoms with van der Waals surface area (Å²) in [5, 5.41) is 0. The van der Waals surface area contributed by atoms with Gasteiger partial charge in [0.05, 0.1) is 23.6 Å². The van der Waals surface area contributed by atoms with Gasteiger partial charge in [-0.25, -0.2) is 13.4 Å². The van der Waals surface area contributed by atoms with Crippen molar-refractivity contribution < 1.29 is 8.42 Å². The van der Waals surface area contributed by atoms with Crippen molar-refractivity contribution in [3.05, 3.63) is 48.8 Å². The van der Waals surface area contributed by atoms with Crippen molar-refractivity contribution in [2.24, 2.45) is 0 Å². The zero-order valence-corrected chi connectivity index (χ0v) is 11.6.